The first-order chi connectivity index (χ1) is 10.6. The maximum atomic E-state index is 12.4. The molecule has 1 aromatic rings. The van der Waals surface area contributed by atoms with Gasteiger partial charge in [0.2, 0.25) is 0 Å². The number of likely N-dealkylation sites (tertiary alicyclic amines) is 1. The van der Waals surface area contributed by atoms with Crippen molar-refractivity contribution in [2.24, 2.45) is 0 Å². The Kier molecular flexibility index (Phi) is 4.16. The van der Waals surface area contributed by atoms with Crippen LogP contribution >= 0.6 is 0 Å². The Morgan fingerprint density at radius 2 is 1.86 bits per heavy atom. The second-order valence-electron chi connectivity index (χ2n) is 6.08. The number of piperidine rings is 1. The molecule has 0 bridgehead atoms. The van der Waals surface area contributed by atoms with Gasteiger partial charge < -0.3 is 14.7 Å². The molecule has 0 aromatic heterocycles. The molecule has 2 heterocycles. The summed E-state index contributed by atoms with van der Waals surface area (Å²) in [4.78, 5) is 26.0. The first-order valence-corrected chi connectivity index (χ1v) is 7.83. The number of carbonyl (C=O) groups is 2. The normalized spacial score (nSPS) is 24.2. The SMILES string of the molecule is O=C([C@H]1CCCO1)N1CCC(C(=O)O)(c2ccccc2)CC1. The first-order valence-electron chi connectivity index (χ1n) is 7.83. The quantitative estimate of drug-likeness (QED) is 0.925. The average molecular weight is 303 g/mol. The average Bonchev–Trinajstić information content (AvgIpc) is 3.09. The maximum absolute atomic E-state index is 12.4. The Balaban J connectivity index is 1.73. The van der Waals surface area contributed by atoms with Crippen LogP contribution in [0.4, 0.5) is 0 Å². The molecule has 2 aliphatic rings. The summed E-state index contributed by atoms with van der Waals surface area (Å²) in [6, 6.07) is 9.35. The molecule has 2 fully saturated rings. The summed E-state index contributed by atoms with van der Waals surface area (Å²) in [5, 5.41) is 9.75. The molecule has 5 nitrogen and oxygen atoms in total. The highest BCUT2D eigenvalue weighted by Crippen LogP contribution is 2.36. The molecule has 0 radical (unpaired) electrons. The zero-order valence-electron chi connectivity index (χ0n) is 12.5. The number of amides is 1. The minimum atomic E-state index is -0.880. The van der Waals surface area contributed by atoms with Crippen LogP contribution in [0.5, 0.6) is 0 Å². The number of carboxylic acid groups (broad SMARTS) is 1. The summed E-state index contributed by atoms with van der Waals surface area (Å²) in [6.45, 7) is 1.59. The van der Waals surface area contributed by atoms with E-state index in [1.54, 1.807) is 4.90 Å². The second-order valence-corrected chi connectivity index (χ2v) is 6.08. The van der Waals surface area contributed by atoms with Gasteiger partial charge in [0.15, 0.2) is 0 Å². The van der Waals surface area contributed by atoms with E-state index in [1.165, 1.54) is 0 Å². The molecule has 3 rings (SSSR count). The number of carboxylic acids is 1. The van der Waals surface area contributed by atoms with Gasteiger partial charge in [0.25, 0.3) is 5.91 Å². The van der Waals surface area contributed by atoms with E-state index >= 15 is 0 Å². The van der Waals surface area contributed by atoms with Crippen LogP contribution in [0, 0.1) is 0 Å². The third-order valence-electron chi connectivity index (χ3n) is 4.87. The number of ether oxygens (including phenoxy) is 1. The van der Waals surface area contributed by atoms with Gasteiger partial charge in [0, 0.05) is 19.7 Å². The van der Waals surface area contributed by atoms with Gasteiger partial charge in [-0.15, -0.1) is 0 Å². The molecule has 1 amide bonds. The smallest absolute Gasteiger partial charge is 0.314 e. The van der Waals surface area contributed by atoms with Crippen LogP contribution in [0.3, 0.4) is 0 Å². The van der Waals surface area contributed by atoms with Crippen molar-refractivity contribution >= 4 is 11.9 Å². The Morgan fingerprint density at radius 3 is 2.41 bits per heavy atom. The molecule has 5 heteroatoms. The van der Waals surface area contributed by atoms with Crippen LogP contribution in [-0.4, -0.2) is 47.7 Å². The molecular formula is C17H21NO4. The lowest BCUT2D eigenvalue weighted by atomic mass is 9.73. The molecule has 0 aliphatic carbocycles. The maximum Gasteiger partial charge on any atom is 0.314 e. The number of rotatable bonds is 3. The largest absolute Gasteiger partial charge is 0.481 e. The zero-order chi connectivity index (χ0) is 15.6. The van der Waals surface area contributed by atoms with E-state index in [0.717, 1.165) is 18.4 Å². The van der Waals surface area contributed by atoms with Crippen molar-refractivity contribution in [3.05, 3.63) is 35.9 Å². The van der Waals surface area contributed by atoms with Gasteiger partial charge in [0.05, 0.1) is 5.41 Å². The van der Waals surface area contributed by atoms with Crippen molar-refractivity contribution in [3.63, 3.8) is 0 Å². The Bertz CT molecular complexity index is 543. The van der Waals surface area contributed by atoms with Gasteiger partial charge in [-0.2, -0.15) is 0 Å². The monoisotopic (exact) mass is 303 g/mol. The van der Waals surface area contributed by atoms with Crippen molar-refractivity contribution in [2.75, 3.05) is 19.7 Å². The predicted octanol–water partition coefficient (Wildman–Crippen LogP) is 1.81. The number of hydrogen-bond donors (Lipinski definition) is 1. The molecular weight excluding hydrogens is 282 g/mol. The van der Waals surface area contributed by atoms with Gasteiger partial charge >= 0.3 is 5.97 Å². The lowest BCUT2D eigenvalue weighted by molar-refractivity contribution is -0.150. The third kappa shape index (κ3) is 2.61. The van der Waals surface area contributed by atoms with Crippen molar-refractivity contribution in [1.29, 1.82) is 0 Å². The first kappa shape index (κ1) is 15.0. The molecule has 0 unspecified atom stereocenters. The topological polar surface area (TPSA) is 66.8 Å². The van der Waals surface area contributed by atoms with Crippen LogP contribution in [0.2, 0.25) is 0 Å². The standard InChI is InChI=1S/C17H21NO4/c19-15(14-7-4-12-22-14)18-10-8-17(9-11-18,16(20)21)13-5-2-1-3-6-13/h1-3,5-6,14H,4,7-12H2,(H,20,21)/t14-/m1/s1. The van der Waals surface area contributed by atoms with Gasteiger partial charge in [-0.05, 0) is 31.2 Å². The van der Waals surface area contributed by atoms with E-state index in [9.17, 15) is 14.7 Å². The summed E-state index contributed by atoms with van der Waals surface area (Å²) >= 11 is 0. The molecule has 1 N–H and O–H groups in total. The number of hydrogen-bond acceptors (Lipinski definition) is 3. The van der Waals surface area contributed by atoms with Crippen LogP contribution in [0.1, 0.15) is 31.2 Å². The van der Waals surface area contributed by atoms with E-state index in [1.807, 2.05) is 30.3 Å². The highest BCUT2D eigenvalue weighted by molar-refractivity contribution is 5.84. The van der Waals surface area contributed by atoms with Crippen LogP contribution < -0.4 is 0 Å². The molecule has 2 saturated heterocycles. The van der Waals surface area contributed by atoms with Gasteiger partial charge in [-0.25, -0.2) is 0 Å². The fraction of sp³-hybridized carbons (Fsp3) is 0.529. The Hall–Kier alpha value is -1.88. The Labute approximate surface area is 129 Å². The van der Waals surface area contributed by atoms with Gasteiger partial charge in [-0.1, -0.05) is 30.3 Å². The zero-order valence-corrected chi connectivity index (χ0v) is 12.5. The number of carbonyl (C=O) groups excluding carboxylic acids is 1. The van der Waals surface area contributed by atoms with Crippen molar-refractivity contribution in [2.45, 2.75) is 37.2 Å². The third-order valence-corrected chi connectivity index (χ3v) is 4.87. The second kappa shape index (κ2) is 6.08. The summed E-state index contributed by atoms with van der Waals surface area (Å²) in [5.74, 6) is -0.785. The summed E-state index contributed by atoms with van der Waals surface area (Å²) in [7, 11) is 0. The molecule has 1 atom stereocenters. The van der Waals surface area contributed by atoms with E-state index in [-0.39, 0.29) is 12.0 Å². The van der Waals surface area contributed by atoms with Crippen LogP contribution in [0.25, 0.3) is 0 Å². The van der Waals surface area contributed by atoms with Crippen molar-refractivity contribution in [3.8, 4) is 0 Å². The molecule has 2 aliphatic heterocycles. The van der Waals surface area contributed by atoms with Crippen LogP contribution in [-0.2, 0) is 19.7 Å². The molecule has 118 valence electrons. The highest BCUT2D eigenvalue weighted by Gasteiger charge is 2.44. The number of nitrogens with zero attached hydrogens (tertiary/aromatic N) is 1. The van der Waals surface area contributed by atoms with Crippen LogP contribution in [0.15, 0.2) is 30.3 Å². The molecule has 0 saturated carbocycles. The van der Waals surface area contributed by atoms with E-state index in [0.29, 0.717) is 32.5 Å². The minimum Gasteiger partial charge on any atom is -0.481 e. The summed E-state index contributed by atoms with van der Waals surface area (Å²) in [5.41, 5.74) is -0.0547. The summed E-state index contributed by atoms with van der Waals surface area (Å²) < 4.78 is 5.44. The lowest BCUT2D eigenvalue weighted by Crippen LogP contribution is -2.51. The van der Waals surface area contributed by atoms with Crippen molar-refractivity contribution < 1.29 is 19.4 Å². The predicted molar refractivity (Wildman–Crippen MR) is 80.5 cm³/mol. The Morgan fingerprint density at radius 1 is 1.18 bits per heavy atom. The van der Waals surface area contributed by atoms with E-state index in [2.05, 4.69) is 0 Å². The number of aliphatic carboxylic acids is 1. The van der Waals surface area contributed by atoms with E-state index in [4.69, 9.17) is 4.74 Å². The minimum absolute atomic E-state index is 0.0181. The van der Waals surface area contributed by atoms with E-state index < -0.39 is 11.4 Å². The summed E-state index contributed by atoms with van der Waals surface area (Å²) in [6.07, 6.45) is 2.27. The number of benzene rings is 1. The van der Waals surface area contributed by atoms with Gasteiger partial charge in [0.1, 0.15) is 6.10 Å². The molecule has 0 spiro atoms. The highest BCUT2D eigenvalue weighted by atomic mass is 16.5. The van der Waals surface area contributed by atoms with Crippen molar-refractivity contribution in [1.82, 2.24) is 4.90 Å². The fourth-order valence-corrected chi connectivity index (χ4v) is 3.47. The molecule has 22 heavy (non-hydrogen) atoms. The lowest BCUT2D eigenvalue weighted by Gasteiger charge is -2.39. The fourth-order valence-electron chi connectivity index (χ4n) is 3.47. The van der Waals surface area contributed by atoms with Gasteiger partial charge in [-0.3, -0.25) is 9.59 Å². The molecule has 1 aromatic carbocycles.